The van der Waals surface area contributed by atoms with E-state index in [1.54, 1.807) is 0 Å². The Hall–Kier alpha value is -1.16. The lowest BCUT2D eigenvalue weighted by Crippen LogP contribution is -2.45. The molecule has 1 saturated carbocycles. The van der Waals surface area contributed by atoms with Gasteiger partial charge in [0.25, 0.3) is 0 Å². The van der Waals surface area contributed by atoms with Crippen molar-refractivity contribution in [2.75, 3.05) is 13.1 Å². The van der Waals surface area contributed by atoms with Gasteiger partial charge in [0.15, 0.2) is 0 Å². The van der Waals surface area contributed by atoms with Gasteiger partial charge in [0.2, 0.25) is 0 Å². The predicted molar refractivity (Wildman–Crippen MR) is 75.4 cm³/mol. The Morgan fingerprint density at radius 3 is 2.39 bits per heavy atom. The lowest BCUT2D eigenvalue weighted by Gasteiger charge is -2.38. The minimum atomic E-state index is -0.136. The highest BCUT2D eigenvalue weighted by molar-refractivity contribution is 5.15. The molecule has 5 N–H and O–H groups in total. The molecule has 2 rings (SSSR count). The third-order valence-electron chi connectivity index (χ3n) is 3.66. The molecule has 18 heavy (non-hydrogen) atoms. The number of aliphatic hydroxyl groups is 1. The molecule has 1 saturated heterocycles. The molecule has 0 bridgehead atoms. The molecule has 104 valence electrons. The molecule has 1 atom stereocenters. The number of piperidine rings is 1. The van der Waals surface area contributed by atoms with Crippen LogP contribution in [0.25, 0.3) is 0 Å². The van der Waals surface area contributed by atoms with Gasteiger partial charge in [-0.2, -0.15) is 0 Å². The summed E-state index contributed by atoms with van der Waals surface area (Å²) in [5.74, 6) is 0.753. The zero-order valence-corrected chi connectivity index (χ0v) is 11.8. The van der Waals surface area contributed by atoms with Crippen molar-refractivity contribution >= 4 is 0 Å². The normalized spacial score (nSPS) is 26.7. The summed E-state index contributed by atoms with van der Waals surface area (Å²) in [6, 6.07) is 0. The fourth-order valence-corrected chi connectivity index (χ4v) is 2.34. The fraction of sp³-hybridized carbons (Fsp3) is 0.714. The molecule has 0 aromatic heterocycles. The monoisotopic (exact) mass is 253 g/mol. The van der Waals surface area contributed by atoms with Crippen LogP contribution in [0.1, 0.15) is 40.0 Å². The number of likely N-dealkylation sites (tertiary alicyclic amines) is 1. The van der Waals surface area contributed by atoms with Gasteiger partial charge in [-0.1, -0.05) is 13.8 Å². The molecule has 1 aliphatic carbocycles. The summed E-state index contributed by atoms with van der Waals surface area (Å²) in [7, 11) is 0. The maximum absolute atomic E-state index is 9.90. The number of aliphatic hydroxyl groups excluding tert-OH is 1. The average molecular weight is 253 g/mol. The lowest BCUT2D eigenvalue weighted by atomic mass is 9.91. The second-order valence-corrected chi connectivity index (χ2v) is 5.09. The second kappa shape index (κ2) is 6.14. The largest absolute Gasteiger partial charge is 0.402 e. The van der Waals surface area contributed by atoms with E-state index in [0.717, 1.165) is 43.9 Å². The Morgan fingerprint density at radius 2 is 1.89 bits per heavy atom. The highest BCUT2D eigenvalue weighted by Gasteiger charge is 2.51. The Balaban J connectivity index is 0.000000771. The van der Waals surface area contributed by atoms with Crippen molar-refractivity contribution in [3.05, 3.63) is 23.7 Å². The number of allylic oxidation sites excluding steroid dienone is 3. The van der Waals surface area contributed by atoms with Crippen molar-refractivity contribution in [1.82, 2.24) is 4.90 Å². The highest BCUT2D eigenvalue weighted by atomic mass is 16.3. The summed E-state index contributed by atoms with van der Waals surface area (Å²) >= 11 is 0. The topological polar surface area (TPSA) is 75.5 Å². The van der Waals surface area contributed by atoms with E-state index in [4.69, 9.17) is 11.5 Å². The number of nitrogens with zero attached hydrogens (tertiary/aromatic N) is 1. The first-order chi connectivity index (χ1) is 8.53. The van der Waals surface area contributed by atoms with Crippen LogP contribution >= 0.6 is 0 Å². The summed E-state index contributed by atoms with van der Waals surface area (Å²) in [5.41, 5.74) is 12.4. The van der Waals surface area contributed by atoms with E-state index in [1.807, 2.05) is 32.9 Å². The Labute approximate surface area is 110 Å². The van der Waals surface area contributed by atoms with E-state index >= 15 is 0 Å². The van der Waals surface area contributed by atoms with Crippen molar-refractivity contribution in [2.24, 2.45) is 16.9 Å². The summed E-state index contributed by atoms with van der Waals surface area (Å²) < 4.78 is 0. The van der Waals surface area contributed by atoms with Gasteiger partial charge in [-0.3, -0.25) is 0 Å². The number of hydrogen-bond acceptors (Lipinski definition) is 4. The van der Waals surface area contributed by atoms with Gasteiger partial charge in [-0.25, -0.2) is 0 Å². The van der Waals surface area contributed by atoms with Gasteiger partial charge in [-0.15, -0.1) is 0 Å². The number of nitrogens with two attached hydrogens (primary N) is 2. The van der Waals surface area contributed by atoms with Crippen LogP contribution < -0.4 is 11.5 Å². The van der Waals surface area contributed by atoms with Crippen LogP contribution in [0.15, 0.2) is 23.7 Å². The lowest BCUT2D eigenvalue weighted by molar-refractivity contribution is 0.0238. The molecular formula is C14H27N3O. The molecule has 1 spiro atoms. The molecule has 2 aliphatic rings. The maximum Gasteiger partial charge on any atom is 0.0987 e. The fourth-order valence-electron chi connectivity index (χ4n) is 2.34. The molecule has 1 heterocycles. The SMILES string of the molecule is C/C(N)=C/C=C(\N)N1CCC(O)C2(CC2)C1.CC. The smallest absolute Gasteiger partial charge is 0.0987 e. The first-order valence-electron chi connectivity index (χ1n) is 6.86. The van der Waals surface area contributed by atoms with Gasteiger partial charge >= 0.3 is 0 Å². The first kappa shape index (κ1) is 14.9. The second-order valence-electron chi connectivity index (χ2n) is 5.09. The quantitative estimate of drug-likeness (QED) is 0.652. The van der Waals surface area contributed by atoms with Gasteiger partial charge in [0, 0.05) is 24.2 Å². The Bertz CT molecular complexity index is 328. The molecule has 0 radical (unpaired) electrons. The summed E-state index contributed by atoms with van der Waals surface area (Å²) in [6.45, 7) is 7.56. The molecule has 4 heteroatoms. The number of hydrogen-bond donors (Lipinski definition) is 3. The van der Waals surface area contributed by atoms with E-state index in [2.05, 4.69) is 4.90 Å². The van der Waals surface area contributed by atoms with Crippen molar-refractivity contribution in [3.63, 3.8) is 0 Å². The van der Waals surface area contributed by atoms with Crippen LogP contribution in [-0.2, 0) is 0 Å². The molecule has 4 nitrogen and oxygen atoms in total. The third kappa shape index (κ3) is 3.42. The van der Waals surface area contributed by atoms with Crippen LogP contribution in [0, 0.1) is 5.41 Å². The molecule has 1 unspecified atom stereocenters. The standard InChI is InChI=1S/C12H21N3O.C2H6/c1-9(13)2-3-11(14)15-7-4-10(16)12(8-15)5-6-12;1-2/h2-3,10,16H,4-8,13-14H2,1H3;1-2H3/b9-2-,11-3+;. The molecule has 0 amide bonds. The maximum atomic E-state index is 9.90. The molecule has 1 aliphatic heterocycles. The van der Waals surface area contributed by atoms with E-state index in [0.29, 0.717) is 0 Å². The molecule has 0 aromatic rings. The highest BCUT2D eigenvalue weighted by Crippen LogP contribution is 2.52. The summed E-state index contributed by atoms with van der Waals surface area (Å²) in [5, 5.41) is 9.90. The van der Waals surface area contributed by atoms with Crippen molar-refractivity contribution in [1.29, 1.82) is 0 Å². The van der Waals surface area contributed by atoms with Crippen molar-refractivity contribution in [3.8, 4) is 0 Å². The summed E-state index contributed by atoms with van der Waals surface area (Å²) in [4.78, 5) is 2.15. The Morgan fingerprint density at radius 1 is 1.28 bits per heavy atom. The Kier molecular flexibility index (Phi) is 5.08. The van der Waals surface area contributed by atoms with Crippen molar-refractivity contribution < 1.29 is 5.11 Å². The van der Waals surface area contributed by atoms with Gasteiger partial charge in [-0.05, 0) is 38.3 Å². The zero-order valence-electron chi connectivity index (χ0n) is 11.8. The van der Waals surface area contributed by atoms with Crippen LogP contribution in [0.5, 0.6) is 0 Å². The predicted octanol–water partition coefficient (Wildman–Crippen LogP) is 1.52. The molecule has 2 fully saturated rings. The minimum Gasteiger partial charge on any atom is -0.402 e. The third-order valence-corrected chi connectivity index (χ3v) is 3.66. The van der Waals surface area contributed by atoms with E-state index in [-0.39, 0.29) is 11.5 Å². The minimum absolute atomic E-state index is 0.136. The van der Waals surface area contributed by atoms with Gasteiger partial charge < -0.3 is 21.5 Å². The van der Waals surface area contributed by atoms with Gasteiger partial charge in [0.1, 0.15) is 0 Å². The van der Waals surface area contributed by atoms with Crippen LogP contribution in [0.4, 0.5) is 0 Å². The van der Waals surface area contributed by atoms with E-state index in [1.165, 1.54) is 0 Å². The van der Waals surface area contributed by atoms with Crippen LogP contribution in [-0.4, -0.2) is 29.2 Å². The van der Waals surface area contributed by atoms with E-state index in [9.17, 15) is 5.11 Å². The summed E-state index contributed by atoms with van der Waals surface area (Å²) in [6.07, 6.45) is 6.61. The first-order valence-corrected chi connectivity index (χ1v) is 6.86. The van der Waals surface area contributed by atoms with Gasteiger partial charge in [0.05, 0.1) is 11.9 Å². The van der Waals surface area contributed by atoms with Crippen LogP contribution in [0.2, 0.25) is 0 Å². The van der Waals surface area contributed by atoms with Crippen molar-refractivity contribution in [2.45, 2.75) is 46.1 Å². The van der Waals surface area contributed by atoms with E-state index < -0.39 is 0 Å². The molecule has 0 aromatic carbocycles. The average Bonchev–Trinajstić information content (AvgIpc) is 3.13. The van der Waals surface area contributed by atoms with Crippen LogP contribution in [0.3, 0.4) is 0 Å². The molecular weight excluding hydrogens is 226 g/mol. The zero-order chi connectivity index (χ0) is 13.8. The number of rotatable bonds is 2.